The van der Waals surface area contributed by atoms with E-state index >= 15 is 0 Å². The van der Waals surface area contributed by atoms with E-state index in [-0.39, 0.29) is 16.9 Å². The van der Waals surface area contributed by atoms with Crippen LogP contribution in [0.3, 0.4) is 0 Å². The third-order valence-corrected chi connectivity index (χ3v) is 3.50. The summed E-state index contributed by atoms with van der Waals surface area (Å²) >= 11 is 0.712. The quantitative estimate of drug-likeness (QED) is 0.465. The van der Waals surface area contributed by atoms with Crippen molar-refractivity contribution in [2.75, 3.05) is 7.11 Å². The van der Waals surface area contributed by atoms with Crippen LogP contribution in [0.2, 0.25) is 0 Å². The molecule has 1 unspecified atom stereocenters. The Hall–Kier alpha value is -2.24. The Kier molecular flexibility index (Phi) is 6.88. The number of hydrogen-bond donors (Lipinski definition) is 1. The van der Waals surface area contributed by atoms with Gasteiger partial charge in [0, 0.05) is 22.9 Å². The number of hydrogen-bond acceptors (Lipinski definition) is 5. The van der Waals surface area contributed by atoms with Crippen molar-refractivity contribution in [1.82, 2.24) is 9.71 Å². The topological polar surface area (TPSA) is 57.9 Å². The number of methoxy groups -OCH3 is 1. The molecule has 0 spiro atoms. The fourth-order valence-electron chi connectivity index (χ4n) is 1.65. The van der Waals surface area contributed by atoms with Crippen LogP contribution in [0.25, 0.3) is 0 Å². The molecular formula is C15H14F3N3OS. The molecule has 1 N–H and O–H groups in total. The summed E-state index contributed by atoms with van der Waals surface area (Å²) in [5.41, 5.74) is 0.0652. The second kappa shape index (κ2) is 8.41. The molecule has 0 saturated carbocycles. The molecule has 0 amide bonds. The first-order valence-electron chi connectivity index (χ1n) is 6.24. The summed E-state index contributed by atoms with van der Waals surface area (Å²) < 4.78 is 47.2. The summed E-state index contributed by atoms with van der Waals surface area (Å²) in [5.74, 6) is -0.0284. The summed E-state index contributed by atoms with van der Waals surface area (Å²) in [6.07, 6.45) is 0.342. The molecule has 8 heteroatoms. The zero-order valence-corrected chi connectivity index (χ0v) is 13.0. The number of nitrogens with zero attached hydrogens (tertiary/aromatic N) is 2. The number of pyridine rings is 1. The van der Waals surface area contributed by atoms with Crippen LogP contribution in [0.4, 0.5) is 13.2 Å². The van der Waals surface area contributed by atoms with Crippen molar-refractivity contribution in [3.63, 3.8) is 0 Å². The van der Waals surface area contributed by atoms with Crippen molar-refractivity contribution in [2.45, 2.75) is 17.1 Å². The summed E-state index contributed by atoms with van der Waals surface area (Å²) in [6.45, 7) is 6.83. The zero-order chi connectivity index (χ0) is 17.5. The SMILES string of the molecule is C=C/C(OC)=C(\C=C)C(NSc1cncc(C#N)c1)C(F)(F)F. The molecule has 1 atom stereocenters. The van der Waals surface area contributed by atoms with Gasteiger partial charge in [-0.25, -0.2) is 4.72 Å². The lowest BCUT2D eigenvalue weighted by Crippen LogP contribution is -2.40. The van der Waals surface area contributed by atoms with Crippen LogP contribution in [0.5, 0.6) is 0 Å². The van der Waals surface area contributed by atoms with Crippen LogP contribution in [0.15, 0.2) is 60.0 Å². The molecule has 0 aliphatic rings. The van der Waals surface area contributed by atoms with Gasteiger partial charge in [0.15, 0.2) is 0 Å². The van der Waals surface area contributed by atoms with E-state index in [2.05, 4.69) is 22.9 Å². The van der Waals surface area contributed by atoms with Crippen LogP contribution in [-0.4, -0.2) is 24.3 Å². The van der Waals surface area contributed by atoms with Crippen molar-refractivity contribution in [1.29, 1.82) is 5.26 Å². The summed E-state index contributed by atoms with van der Waals surface area (Å²) in [6, 6.07) is 1.28. The maximum absolute atomic E-state index is 13.3. The van der Waals surface area contributed by atoms with E-state index in [4.69, 9.17) is 10.00 Å². The smallest absolute Gasteiger partial charge is 0.408 e. The first-order chi connectivity index (χ1) is 10.9. The molecular weight excluding hydrogens is 327 g/mol. The molecule has 1 heterocycles. The molecule has 0 aliphatic heterocycles. The van der Waals surface area contributed by atoms with Crippen molar-refractivity contribution < 1.29 is 17.9 Å². The zero-order valence-electron chi connectivity index (χ0n) is 12.2. The average molecular weight is 341 g/mol. The van der Waals surface area contributed by atoms with Crippen molar-refractivity contribution in [3.05, 3.63) is 60.7 Å². The Balaban J connectivity index is 3.09. The summed E-state index contributed by atoms with van der Waals surface area (Å²) in [4.78, 5) is 4.16. The van der Waals surface area contributed by atoms with E-state index in [0.29, 0.717) is 16.8 Å². The number of nitrogens with one attached hydrogen (secondary N) is 1. The Labute approximate surface area is 136 Å². The molecule has 0 radical (unpaired) electrons. The van der Waals surface area contributed by atoms with Crippen LogP contribution < -0.4 is 4.72 Å². The second-order valence-corrected chi connectivity index (χ2v) is 5.06. The normalized spacial score (nSPS) is 13.5. The first kappa shape index (κ1) is 18.8. The minimum atomic E-state index is -4.58. The van der Waals surface area contributed by atoms with Gasteiger partial charge in [-0.05, 0) is 24.1 Å². The number of allylic oxidation sites excluding steroid dienone is 1. The highest BCUT2D eigenvalue weighted by Gasteiger charge is 2.42. The van der Waals surface area contributed by atoms with Crippen LogP contribution in [-0.2, 0) is 4.74 Å². The van der Waals surface area contributed by atoms with Gasteiger partial charge in [-0.15, -0.1) is 0 Å². The number of alkyl halides is 3. The fraction of sp³-hybridized carbons (Fsp3) is 0.200. The maximum atomic E-state index is 13.3. The van der Waals surface area contributed by atoms with Gasteiger partial charge >= 0.3 is 6.18 Å². The number of aromatic nitrogens is 1. The highest BCUT2D eigenvalue weighted by Crippen LogP contribution is 2.31. The van der Waals surface area contributed by atoms with Gasteiger partial charge in [-0.1, -0.05) is 19.2 Å². The highest BCUT2D eigenvalue weighted by molar-refractivity contribution is 7.97. The first-order valence-corrected chi connectivity index (χ1v) is 7.06. The molecule has 0 fully saturated rings. The van der Waals surface area contributed by atoms with E-state index < -0.39 is 12.2 Å². The Morgan fingerprint density at radius 3 is 2.61 bits per heavy atom. The van der Waals surface area contributed by atoms with Gasteiger partial charge in [-0.3, -0.25) is 4.98 Å². The summed E-state index contributed by atoms with van der Waals surface area (Å²) in [5, 5.41) is 8.78. The third-order valence-electron chi connectivity index (χ3n) is 2.68. The molecule has 0 saturated heterocycles. The summed E-state index contributed by atoms with van der Waals surface area (Å²) in [7, 11) is 1.25. The molecule has 122 valence electrons. The predicted molar refractivity (Wildman–Crippen MR) is 82.2 cm³/mol. The van der Waals surface area contributed by atoms with Crippen molar-refractivity contribution >= 4 is 11.9 Å². The van der Waals surface area contributed by atoms with Gasteiger partial charge in [0.1, 0.15) is 17.9 Å². The highest BCUT2D eigenvalue weighted by atomic mass is 32.2. The number of ether oxygens (including phenoxy) is 1. The fourth-order valence-corrected chi connectivity index (χ4v) is 2.46. The average Bonchev–Trinajstić information content (AvgIpc) is 2.53. The van der Waals surface area contributed by atoms with Gasteiger partial charge in [0.2, 0.25) is 0 Å². The van der Waals surface area contributed by atoms with E-state index in [1.54, 1.807) is 0 Å². The monoisotopic (exact) mass is 341 g/mol. The van der Waals surface area contributed by atoms with Crippen LogP contribution >= 0.6 is 11.9 Å². The van der Waals surface area contributed by atoms with Crippen molar-refractivity contribution in [2.24, 2.45) is 0 Å². The molecule has 1 aromatic rings. The Morgan fingerprint density at radius 1 is 1.43 bits per heavy atom. The van der Waals surface area contributed by atoms with E-state index in [1.165, 1.54) is 31.6 Å². The Bertz CT molecular complexity index is 650. The van der Waals surface area contributed by atoms with E-state index in [9.17, 15) is 13.2 Å². The molecule has 0 aromatic carbocycles. The number of halogens is 3. The molecule has 1 aromatic heterocycles. The minimum Gasteiger partial charge on any atom is -0.496 e. The van der Waals surface area contributed by atoms with E-state index in [1.807, 2.05) is 6.07 Å². The van der Waals surface area contributed by atoms with Crippen LogP contribution in [0, 0.1) is 11.3 Å². The maximum Gasteiger partial charge on any atom is 0.408 e. The Morgan fingerprint density at radius 2 is 2.13 bits per heavy atom. The molecule has 4 nitrogen and oxygen atoms in total. The molecule has 0 bridgehead atoms. The predicted octanol–water partition coefficient (Wildman–Crippen LogP) is 3.75. The van der Waals surface area contributed by atoms with Gasteiger partial charge in [-0.2, -0.15) is 18.4 Å². The second-order valence-electron chi connectivity index (χ2n) is 4.15. The van der Waals surface area contributed by atoms with Gasteiger partial charge in [0.25, 0.3) is 0 Å². The lowest BCUT2D eigenvalue weighted by molar-refractivity contribution is -0.142. The minimum absolute atomic E-state index is 0.0284. The number of nitriles is 1. The molecule has 23 heavy (non-hydrogen) atoms. The third kappa shape index (κ3) is 5.16. The lowest BCUT2D eigenvalue weighted by Gasteiger charge is -2.23. The van der Waals surface area contributed by atoms with E-state index in [0.717, 1.165) is 6.08 Å². The van der Waals surface area contributed by atoms with Crippen LogP contribution in [0.1, 0.15) is 5.56 Å². The molecule has 1 rings (SSSR count). The number of rotatable bonds is 7. The largest absolute Gasteiger partial charge is 0.496 e. The van der Waals surface area contributed by atoms with Gasteiger partial charge < -0.3 is 4.74 Å². The van der Waals surface area contributed by atoms with Crippen molar-refractivity contribution in [3.8, 4) is 6.07 Å². The molecule has 0 aliphatic carbocycles. The van der Waals surface area contributed by atoms with Gasteiger partial charge in [0.05, 0.1) is 12.7 Å². The standard InChI is InChI=1S/C15H14F3N3OS/c1-4-12(13(5-2)22-3)14(15(16,17)18)21-23-11-6-10(7-19)8-20-9-11/h4-6,8-9,14,21H,1-2H2,3H3/b13-12-. The lowest BCUT2D eigenvalue weighted by atomic mass is 10.1.